The maximum absolute atomic E-state index is 14.3. The molecule has 2 N–H and O–H groups in total. The first-order chi connectivity index (χ1) is 14.1. The predicted octanol–water partition coefficient (Wildman–Crippen LogP) is 1.23. The standard InChI is InChI=1S/C22H25FN4O2/c23-17-7-4-8-25-21(17)27-12-18(28)22(14-27)16(11-26-10-9-24-19(29)13-26)20(22)15-5-2-1-3-6-15/h1-8,16,18,20,28H,9-14H2,(H,24,29)/t16-,18-,20-,22-/m1/s1. The quantitative estimate of drug-likeness (QED) is 0.814. The first kappa shape index (κ1) is 18.5. The number of benzene rings is 1. The van der Waals surface area contributed by atoms with Gasteiger partial charge in [0.1, 0.15) is 0 Å². The van der Waals surface area contributed by atoms with E-state index in [-0.39, 0.29) is 29.0 Å². The number of pyridine rings is 1. The third kappa shape index (κ3) is 3.09. The molecule has 2 aliphatic heterocycles. The van der Waals surface area contributed by atoms with Crippen molar-refractivity contribution in [3.63, 3.8) is 0 Å². The number of anilines is 1. The van der Waals surface area contributed by atoms with E-state index in [1.165, 1.54) is 11.6 Å². The summed E-state index contributed by atoms with van der Waals surface area (Å²) < 4.78 is 14.3. The van der Waals surface area contributed by atoms with Crippen LogP contribution in [0.1, 0.15) is 11.5 Å². The smallest absolute Gasteiger partial charge is 0.234 e. The Balaban J connectivity index is 1.44. The maximum Gasteiger partial charge on any atom is 0.234 e. The fourth-order valence-corrected chi connectivity index (χ4v) is 5.46. The molecule has 1 amide bonds. The molecule has 3 fully saturated rings. The number of nitrogens with zero attached hydrogens (tertiary/aromatic N) is 3. The number of piperazine rings is 1. The zero-order valence-corrected chi connectivity index (χ0v) is 16.2. The van der Waals surface area contributed by atoms with Crippen molar-refractivity contribution in [3.8, 4) is 0 Å². The lowest BCUT2D eigenvalue weighted by atomic mass is 9.95. The summed E-state index contributed by atoms with van der Waals surface area (Å²) in [6.07, 6.45) is 1.01. The minimum atomic E-state index is -0.572. The molecule has 1 spiro atoms. The summed E-state index contributed by atoms with van der Waals surface area (Å²) in [5, 5.41) is 14.0. The average molecular weight is 396 g/mol. The fraction of sp³-hybridized carbons (Fsp3) is 0.455. The number of hydrogen-bond acceptors (Lipinski definition) is 5. The predicted molar refractivity (Wildman–Crippen MR) is 107 cm³/mol. The highest BCUT2D eigenvalue weighted by Crippen LogP contribution is 2.69. The van der Waals surface area contributed by atoms with Crippen molar-refractivity contribution < 1.29 is 14.3 Å². The van der Waals surface area contributed by atoms with Gasteiger partial charge in [-0.3, -0.25) is 9.69 Å². The Bertz CT molecular complexity index is 911. The van der Waals surface area contributed by atoms with E-state index in [0.29, 0.717) is 32.0 Å². The molecule has 0 radical (unpaired) electrons. The molecule has 5 rings (SSSR count). The summed E-state index contributed by atoms with van der Waals surface area (Å²) >= 11 is 0. The van der Waals surface area contributed by atoms with Crippen molar-refractivity contribution in [2.45, 2.75) is 12.0 Å². The molecule has 1 aromatic heterocycles. The number of β-amino-alcohol motifs (C(OH)–C–C–N with tert-alkyl or cyclic N) is 1. The summed E-state index contributed by atoms with van der Waals surface area (Å²) in [6, 6.07) is 13.2. The van der Waals surface area contributed by atoms with Gasteiger partial charge < -0.3 is 15.3 Å². The second kappa shape index (κ2) is 7.07. The number of aliphatic hydroxyl groups is 1. The summed E-state index contributed by atoms with van der Waals surface area (Å²) in [5.41, 5.74) is 0.848. The second-order valence-electron chi connectivity index (χ2n) is 8.40. The van der Waals surface area contributed by atoms with Gasteiger partial charge in [0.25, 0.3) is 0 Å². The first-order valence-corrected chi connectivity index (χ1v) is 10.2. The summed E-state index contributed by atoms with van der Waals surface area (Å²) in [4.78, 5) is 20.1. The molecule has 3 aliphatic rings. The van der Waals surface area contributed by atoms with Gasteiger partial charge in [-0.2, -0.15) is 0 Å². The molecule has 1 saturated carbocycles. The molecule has 2 aromatic rings. The lowest BCUT2D eigenvalue weighted by molar-refractivity contribution is -0.124. The molecule has 152 valence electrons. The van der Waals surface area contributed by atoms with Crippen molar-refractivity contribution in [1.29, 1.82) is 0 Å². The van der Waals surface area contributed by atoms with Crippen molar-refractivity contribution in [2.75, 3.05) is 44.2 Å². The molecule has 7 heteroatoms. The zero-order valence-electron chi connectivity index (χ0n) is 16.2. The molecular formula is C22H25FN4O2. The van der Waals surface area contributed by atoms with E-state index in [4.69, 9.17) is 0 Å². The van der Waals surface area contributed by atoms with E-state index >= 15 is 0 Å². The van der Waals surface area contributed by atoms with E-state index < -0.39 is 6.10 Å². The van der Waals surface area contributed by atoms with Crippen LogP contribution in [0.4, 0.5) is 10.2 Å². The van der Waals surface area contributed by atoms with Crippen LogP contribution < -0.4 is 10.2 Å². The highest BCUT2D eigenvalue weighted by atomic mass is 19.1. The Morgan fingerprint density at radius 2 is 2.07 bits per heavy atom. The molecular weight excluding hydrogens is 371 g/mol. The van der Waals surface area contributed by atoms with Crippen molar-refractivity contribution in [1.82, 2.24) is 15.2 Å². The number of aromatic nitrogens is 1. The van der Waals surface area contributed by atoms with Gasteiger partial charge in [0.05, 0.1) is 12.6 Å². The Hall–Kier alpha value is -2.51. The van der Waals surface area contributed by atoms with E-state index in [0.717, 1.165) is 13.1 Å². The monoisotopic (exact) mass is 396 g/mol. The molecule has 1 aromatic carbocycles. The van der Waals surface area contributed by atoms with Gasteiger partial charge >= 0.3 is 0 Å². The van der Waals surface area contributed by atoms with Gasteiger partial charge in [-0.05, 0) is 29.5 Å². The van der Waals surface area contributed by atoms with Crippen LogP contribution >= 0.6 is 0 Å². The van der Waals surface area contributed by atoms with Crippen molar-refractivity contribution >= 4 is 11.7 Å². The molecule has 3 heterocycles. The van der Waals surface area contributed by atoms with E-state index in [1.807, 2.05) is 23.1 Å². The lowest BCUT2D eigenvalue weighted by Crippen LogP contribution is -2.48. The van der Waals surface area contributed by atoms with Gasteiger partial charge in [-0.25, -0.2) is 9.37 Å². The number of halogens is 1. The molecule has 2 saturated heterocycles. The molecule has 0 unspecified atom stereocenters. The number of hydrogen-bond donors (Lipinski definition) is 2. The largest absolute Gasteiger partial charge is 0.391 e. The Morgan fingerprint density at radius 1 is 1.24 bits per heavy atom. The SMILES string of the molecule is O=C1CN(C[C@@H]2[C@@H](c3ccccc3)[C@]23CN(c2ncccc2F)C[C@H]3O)CCN1. The minimum Gasteiger partial charge on any atom is -0.391 e. The Kier molecular flexibility index (Phi) is 4.52. The van der Waals surface area contributed by atoms with Gasteiger partial charge in [0.2, 0.25) is 5.91 Å². The maximum atomic E-state index is 14.3. The van der Waals surface area contributed by atoms with Gasteiger partial charge in [0.15, 0.2) is 11.6 Å². The van der Waals surface area contributed by atoms with Crippen LogP contribution in [-0.4, -0.2) is 66.3 Å². The van der Waals surface area contributed by atoms with Crippen molar-refractivity contribution in [2.24, 2.45) is 11.3 Å². The molecule has 1 aliphatic carbocycles. The topological polar surface area (TPSA) is 68.7 Å². The van der Waals surface area contributed by atoms with Crippen LogP contribution in [0.2, 0.25) is 0 Å². The fourth-order valence-electron chi connectivity index (χ4n) is 5.46. The highest BCUT2D eigenvalue weighted by Gasteiger charge is 2.71. The van der Waals surface area contributed by atoms with Gasteiger partial charge in [-0.15, -0.1) is 0 Å². The Morgan fingerprint density at radius 3 is 2.83 bits per heavy atom. The number of carbonyl (C=O) groups is 1. The summed E-state index contributed by atoms with van der Waals surface area (Å²) in [7, 11) is 0. The normalized spacial score (nSPS) is 31.9. The van der Waals surface area contributed by atoms with E-state index in [2.05, 4.69) is 27.3 Å². The third-order valence-electron chi connectivity index (χ3n) is 6.81. The molecule has 6 nitrogen and oxygen atoms in total. The second-order valence-corrected chi connectivity index (χ2v) is 8.40. The van der Waals surface area contributed by atoms with Crippen LogP contribution in [0.25, 0.3) is 0 Å². The van der Waals surface area contributed by atoms with E-state index in [9.17, 15) is 14.3 Å². The lowest BCUT2D eigenvalue weighted by Gasteiger charge is -2.27. The van der Waals surface area contributed by atoms with Crippen LogP contribution in [-0.2, 0) is 4.79 Å². The number of carbonyl (C=O) groups excluding carboxylic acids is 1. The van der Waals surface area contributed by atoms with Crippen LogP contribution in [0, 0.1) is 17.2 Å². The third-order valence-corrected chi connectivity index (χ3v) is 6.81. The zero-order chi connectivity index (χ0) is 20.0. The number of amides is 1. The van der Waals surface area contributed by atoms with Crippen LogP contribution in [0.3, 0.4) is 0 Å². The average Bonchev–Trinajstić information content (AvgIpc) is 3.21. The number of aliphatic hydroxyl groups excluding tert-OH is 1. The minimum absolute atomic E-state index is 0.0476. The summed E-state index contributed by atoms with van der Waals surface area (Å²) in [6.45, 7) is 3.54. The molecule has 29 heavy (non-hydrogen) atoms. The summed E-state index contributed by atoms with van der Waals surface area (Å²) in [5.74, 6) is 0.380. The van der Waals surface area contributed by atoms with Gasteiger partial charge in [0, 0.05) is 44.3 Å². The van der Waals surface area contributed by atoms with Gasteiger partial charge in [-0.1, -0.05) is 30.3 Å². The van der Waals surface area contributed by atoms with Crippen LogP contribution in [0.15, 0.2) is 48.7 Å². The number of nitrogens with one attached hydrogen (secondary N) is 1. The molecule has 4 atom stereocenters. The first-order valence-electron chi connectivity index (χ1n) is 10.2. The van der Waals surface area contributed by atoms with Crippen LogP contribution in [0.5, 0.6) is 0 Å². The number of rotatable bonds is 4. The Labute approximate surface area is 169 Å². The van der Waals surface area contributed by atoms with E-state index in [1.54, 1.807) is 12.3 Å². The van der Waals surface area contributed by atoms with Crippen molar-refractivity contribution in [3.05, 3.63) is 60.0 Å². The highest BCUT2D eigenvalue weighted by molar-refractivity contribution is 5.78. The molecule has 0 bridgehead atoms.